The van der Waals surface area contributed by atoms with Crippen LogP contribution in [0.3, 0.4) is 0 Å². The Labute approximate surface area is 404 Å². The van der Waals surface area contributed by atoms with Crippen molar-refractivity contribution in [1.82, 2.24) is 9.13 Å². The third-order valence-electron chi connectivity index (χ3n) is 14.8. The molecule has 2 nitrogen and oxygen atoms in total. The number of aromatic nitrogens is 2. The Morgan fingerprint density at radius 1 is 0.232 bits per heavy atom. The number of rotatable bonds is 7. The van der Waals surface area contributed by atoms with Crippen molar-refractivity contribution in [3.05, 3.63) is 267 Å². The summed E-state index contributed by atoms with van der Waals surface area (Å²) in [7, 11) is 0. The molecule has 0 aliphatic carbocycles. The van der Waals surface area contributed by atoms with Crippen molar-refractivity contribution in [1.29, 1.82) is 0 Å². The number of benzene rings is 11. The molecular weight excluding hydrogens is 893 g/mol. The average Bonchev–Trinajstić information content (AvgIpc) is 4.05. The van der Waals surface area contributed by atoms with Gasteiger partial charge in [0, 0.05) is 0 Å². The summed E-state index contributed by atoms with van der Waals surface area (Å²) in [5.41, 5.74) is 17.3. The topological polar surface area (TPSA) is 9.86 Å². The molecule has 0 bridgehead atoms. The van der Waals surface area contributed by atoms with Crippen LogP contribution in [0.1, 0.15) is 0 Å². The molecule has 0 radical (unpaired) electrons. The maximum atomic E-state index is 2.58. The zero-order valence-electron chi connectivity index (χ0n) is 37.8. The molecule has 0 atom stereocenters. The van der Waals surface area contributed by atoms with E-state index >= 15 is 0 Å². The van der Waals surface area contributed by atoms with E-state index in [1.165, 1.54) is 111 Å². The molecule has 13 aromatic rings. The van der Waals surface area contributed by atoms with Crippen LogP contribution >= 0.6 is 0 Å². The molecule has 0 saturated heterocycles. The zero-order valence-corrected chi connectivity index (χ0v) is 39.9. The van der Waals surface area contributed by atoms with Gasteiger partial charge >= 0.3 is 400 Å². The van der Waals surface area contributed by atoms with Crippen molar-refractivity contribution in [2.75, 3.05) is 0 Å². The Bertz CT molecular complexity index is 4060. The van der Waals surface area contributed by atoms with Crippen molar-refractivity contribution in [2.24, 2.45) is 0 Å². The molecule has 0 amide bonds. The Kier molecular flexibility index (Phi) is 9.11. The molecule has 0 saturated carbocycles. The monoisotopic (exact) mass is 938 g/mol. The number of nitrogens with zero attached hydrogens (tertiary/aromatic N) is 2. The Hall–Kier alpha value is -8.44. The summed E-state index contributed by atoms with van der Waals surface area (Å²) in [5, 5.41) is 5.03. The van der Waals surface area contributed by atoms with Gasteiger partial charge in [-0.3, -0.25) is 0 Å². The first kappa shape index (κ1) is 39.7. The molecule has 14 rings (SSSR count). The van der Waals surface area contributed by atoms with Gasteiger partial charge in [0.15, 0.2) is 0 Å². The summed E-state index contributed by atoms with van der Waals surface area (Å²) in [6.45, 7) is 0. The van der Waals surface area contributed by atoms with Crippen molar-refractivity contribution in [3.8, 4) is 55.9 Å². The van der Waals surface area contributed by atoms with Crippen LogP contribution in [0.5, 0.6) is 0 Å². The van der Waals surface area contributed by atoms with E-state index < -0.39 is 13.3 Å². The second-order valence-electron chi connectivity index (χ2n) is 18.4. The molecule has 1 aliphatic rings. The molecule has 3 heterocycles. The van der Waals surface area contributed by atoms with Crippen molar-refractivity contribution < 1.29 is 0 Å². The van der Waals surface area contributed by atoms with E-state index in [0.717, 1.165) is 5.69 Å². The van der Waals surface area contributed by atoms with Gasteiger partial charge < -0.3 is 0 Å². The molecule has 322 valence electrons. The van der Waals surface area contributed by atoms with Gasteiger partial charge in [-0.1, -0.05) is 6.07 Å². The van der Waals surface area contributed by atoms with E-state index in [4.69, 9.17) is 0 Å². The summed E-state index contributed by atoms with van der Waals surface area (Å²) in [4.78, 5) is 0. The summed E-state index contributed by atoms with van der Waals surface area (Å²) < 4.78 is 10.7. The summed E-state index contributed by atoms with van der Waals surface area (Å²) in [6, 6.07) is 99.9. The summed E-state index contributed by atoms with van der Waals surface area (Å²) >= 11 is -3.69. The first-order chi connectivity index (χ1) is 34.2. The first-order valence-electron chi connectivity index (χ1n) is 23.9. The quantitative estimate of drug-likeness (QED) is 0.141. The minimum absolute atomic E-state index is 1.16. The first-order valence-corrected chi connectivity index (χ1v) is 28.1. The van der Waals surface area contributed by atoms with Gasteiger partial charge in [0.1, 0.15) is 0 Å². The van der Waals surface area contributed by atoms with Crippen LogP contribution in [0.2, 0.25) is 0 Å². The number of hydrogen-bond acceptors (Lipinski definition) is 0. The molecule has 0 fully saturated rings. The molecule has 2 aromatic heterocycles. The average molecular weight is 938 g/mol. The third-order valence-corrected chi connectivity index (χ3v) is 25.0. The summed E-state index contributed by atoms with van der Waals surface area (Å²) in [5.74, 6) is 0. The van der Waals surface area contributed by atoms with Crippen LogP contribution in [0, 0.1) is 0 Å². The zero-order chi connectivity index (χ0) is 45.5. The number of para-hydroxylation sites is 3. The standard InChI is InChI=1S/C66H44GeN2/c1-6-18-45(19-7-1)46-32-37-65-59(40-46)60-42-48(34-39-66(60)69(65)54-26-14-5-15-27-54)50-31-36-56-55-35-30-49(43-61(55)67(62(56)44-50,51-20-8-2-9-21-51)52-22-10-3-11-23-52)47-33-38-64-58(41-47)57-28-16-17-29-63(57)68(64)53-24-12-4-13-25-53/h1-44H. The molecule has 3 heteroatoms. The van der Waals surface area contributed by atoms with Gasteiger partial charge in [-0.25, -0.2) is 0 Å². The van der Waals surface area contributed by atoms with Crippen molar-refractivity contribution >= 4 is 74.5 Å². The normalized spacial score (nSPS) is 12.8. The van der Waals surface area contributed by atoms with Crippen molar-refractivity contribution in [3.63, 3.8) is 0 Å². The van der Waals surface area contributed by atoms with Gasteiger partial charge in [0.25, 0.3) is 0 Å². The van der Waals surface area contributed by atoms with Crippen LogP contribution in [0.4, 0.5) is 0 Å². The van der Waals surface area contributed by atoms with Gasteiger partial charge in [0.05, 0.1) is 0 Å². The second-order valence-corrected chi connectivity index (χ2v) is 26.3. The predicted molar refractivity (Wildman–Crippen MR) is 294 cm³/mol. The fourth-order valence-corrected chi connectivity index (χ4v) is 22.7. The van der Waals surface area contributed by atoms with E-state index in [1.807, 2.05) is 0 Å². The van der Waals surface area contributed by atoms with Gasteiger partial charge in [-0.15, -0.1) is 0 Å². The van der Waals surface area contributed by atoms with E-state index in [1.54, 1.807) is 0 Å². The predicted octanol–water partition coefficient (Wildman–Crippen LogP) is 14.2. The minimum atomic E-state index is -3.69. The number of fused-ring (bicyclic) bond motifs is 9. The van der Waals surface area contributed by atoms with Crippen LogP contribution in [-0.2, 0) is 0 Å². The molecule has 69 heavy (non-hydrogen) atoms. The molecule has 11 aromatic carbocycles. The van der Waals surface area contributed by atoms with Crippen LogP contribution in [-0.4, -0.2) is 22.4 Å². The molecule has 0 unspecified atom stereocenters. The van der Waals surface area contributed by atoms with E-state index in [2.05, 4.69) is 276 Å². The van der Waals surface area contributed by atoms with Crippen LogP contribution in [0.15, 0.2) is 267 Å². The summed E-state index contributed by atoms with van der Waals surface area (Å²) in [6.07, 6.45) is 0. The SMILES string of the molecule is c1ccc(-c2ccc3c(c2)c2cc(-c4ccc5[c](c4)[Ge]([c]4ccccc4)([c]4ccccc4)[c]4cc(-c6ccc7c(c6)c6ccccc6n7-c6ccccc6)ccc4-5)ccc2n3-c2ccccc2)cc1. The van der Waals surface area contributed by atoms with E-state index in [-0.39, 0.29) is 0 Å². The maximum absolute atomic E-state index is 3.69. The van der Waals surface area contributed by atoms with Gasteiger partial charge in [0.2, 0.25) is 0 Å². The van der Waals surface area contributed by atoms with Gasteiger partial charge in [-0.2, -0.15) is 0 Å². The Balaban J connectivity index is 0.971. The third kappa shape index (κ3) is 6.12. The fourth-order valence-electron chi connectivity index (χ4n) is 11.7. The molecule has 0 spiro atoms. The van der Waals surface area contributed by atoms with E-state index in [0.29, 0.717) is 0 Å². The fraction of sp³-hybridized carbons (Fsp3) is 0. The molecule has 1 aliphatic heterocycles. The van der Waals surface area contributed by atoms with Crippen molar-refractivity contribution in [2.45, 2.75) is 0 Å². The Morgan fingerprint density at radius 2 is 0.565 bits per heavy atom. The second kappa shape index (κ2) is 15.8. The van der Waals surface area contributed by atoms with Crippen LogP contribution < -0.4 is 17.6 Å². The van der Waals surface area contributed by atoms with E-state index in [9.17, 15) is 0 Å². The number of hydrogen-bond donors (Lipinski definition) is 0. The Morgan fingerprint density at radius 3 is 1.03 bits per heavy atom. The van der Waals surface area contributed by atoms with Crippen LogP contribution in [0.25, 0.3) is 99.5 Å². The van der Waals surface area contributed by atoms with Gasteiger partial charge in [-0.05, 0) is 0 Å². The molecule has 0 N–H and O–H groups in total. The molecular formula is C66H44GeN2.